The first-order valence-corrected chi connectivity index (χ1v) is 14.3. The average Bonchev–Trinajstić information content (AvgIpc) is 3.15. The van der Waals surface area contributed by atoms with Gasteiger partial charge in [-0.1, -0.05) is 32.0 Å². The molecule has 6 rings (SSSR count). The Hall–Kier alpha value is -4.59. The molecule has 45 heavy (non-hydrogen) atoms. The number of hydrogen-bond acceptors (Lipinski definition) is 8. The van der Waals surface area contributed by atoms with Gasteiger partial charge in [0.15, 0.2) is 17.2 Å². The lowest BCUT2D eigenvalue weighted by molar-refractivity contribution is -0.137. The number of aryl methyl sites for hydroxylation is 1. The molecule has 4 aromatic heterocycles. The first-order chi connectivity index (χ1) is 21.3. The highest BCUT2D eigenvalue weighted by molar-refractivity contribution is 6.36. The number of ether oxygens (including phenoxy) is 1. The van der Waals surface area contributed by atoms with Gasteiger partial charge in [-0.25, -0.2) is 18.7 Å². The van der Waals surface area contributed by atoms with Crippen LogP contribution in [0.15, 0.2) is 42.1 Å². The van der Waals surface area contributed by atoms with Crippen molar-refractivity contribution in [3.05, 3.63) is 75.5 Å². The zero-order chi connectivity index (χ0) is 32.4. The van der Waals surface area contributed by atoms with Gasteiger partial charge in [-0.3, -0.25) is 14.8 Å². The van der Waals surface area contributed by atoms with E-state index in [0.29, 0.717) is 29.3 Å². The number of halogens is 5. The second-order valence-corrected chi connectivity index (χ2v) is 11.4. The Balaban J connectivity index is 1.74. The van der Waals surface area contributed by atoms with Gasteiger partial charge < -0.3 is 14.5 Å². The summed E-state index contributed by atoms with van der Waals surface area (Å²) in [5.74, 6) is -1.80. The number of fused-ring (bicyclic) bond motifs is 2. The zero-order valence-corrected chi connectivity index (χ0v) is 25.1. The van der Waals surface area contributed by atoms with Crippen LogP contribution >= 0.6 is 11.6 Å². The number of aromatic nitrogens is 5. The molecular weight excluding hydrogens is 618 g/mol. The summed E-state index contributed by atoms with van der Waals surface area (Å²) in [6, 6.07) is 1.16. The number of rotatable bonds is 4. The van der Waals surface area contributed by atoms with Gasteiger partial charge in [0.25, 0.3) is 0 Å². The molecule has 0 bridgehead atoms. The van der Waals surface area contributed by atoms with Crippen LogP contribution in [-0.4, -0.2) is 67.6 Å². The molecule has 10 nitrogen and oxygen atoms in total. The molecule has 0 N–H and O–H groups in total. The van der Waals surface area contributed by atoms with Gasteiger partial charge in [0.05, 0.1) is 40.4 Å². The van der Waals surface area contributed by atoms with Crippen molar-refractivity contribution in [2.24, 2.45) is 0 Å². The maximum atomic E-state index is 15.3. The van der Waals surface area contributed by atoms with Crippen LogP contribution in [0.2, 0.25) is 5.02 Å². The Morgan fingerprint density at radius 1 is 1.22 bits per heavy atom. The summed E-state index contributed by atoms with van der Waals surface area (Å²) in [5, 5.41) is -0.257. The van der Waals surface area contributed by atoms with Gasteiger partial charge in [0.2, 0.25) is 5.91 Å². The molecule has 1 amide bonds. The first-order valence-electron chi connectivity index (χ1n) is 14.0. The van der Waals surface area contributed by atoms with Gasteiger partial charge in [0.1, 0.15) is 22.8 Å². The number of anilines is 1. The van der Waals surface area contributed by atoms with Gasteiger partial charge in [0, 0.05) is 32.0 Å². The van der Waals surface area contributed by atoms with E-state index in [-0.39, 0.29) is 60.7 Å². The normalized spacial score (nSPS) is 16.4. The number of piperazine rings is 1. The number of alkyl halides is 3. The maximum Gasteiger partial charge on any atom is 0.418 e. The molecule has 0 aliphatic carbocycles. The lowest BCUT2D eigenvalue weighted by atomic mass is 10.0. The van der Waals surface area contributed by atoms with E-state index in [0.717, 1.165) is 4.57 Å². The lowest BCUT2D eigenvalue weighted by Crippen LogP contribution is -2.56. The van der Waals surface area contributed by atoms with E-state index in [1.807, 2.05) is 13.8 Å². The third kappa shape index (κ3) is 4.96. The summed E-state index contributed by atoms with van der Waals surface area (Å²) in [6.45, 7) is 9.65. The fraction of sp³-hybridized carbons (Fsp3) is 0.333. The standard InChI is InChI=1S/C30H26ClF4N7O3/c1-5-19(43)40-8-9-41-16(12-40)13-45-26-21-27(41)39-29(44)42(25-15(4)6-7-37-23(25)14(2)3)28(21)38-24(22(26)31)20-17(30(33,34)35)10-36-11-18(20)32/h5-7,10-11,14,16H,1,8-9,12-13H2,2-4H3/t16-/m0/s1. The second-order valence-electron chi connectivity index (χ2n) is 11.1. The van der Waals surface area contributed by atoms with Crippen LogP contribution in [0, 0.1) is 12.7 Å². The number of pyridine rings is 3. The van der Waals surface area contributed by atoms with Gasteiger partial charge in [-0.15, -0.1) is 0 Å². The first kappa shape index (κ1) is 30.4. The quantitative estimate of drug-likeness (QED) is 0.224. The number of carbonyl (C=O) groups is 1. The van der Waals surface area contributed by atoms with Crippen LogP contribution in [0.25, 0.3) is 28.0 Å². The van der Waals surface area contributed by atoms with Gasteiger partial charge in [-0.05, 0) is 30.5 Å². The minimum Gasteiger partial charge on any atom is -0.489 e. The summed E-state index contributed by atoms with van der Waals surface area (Å²) < 4.78 is 65.2. The number of amides is 1. The van der Waals surface area contributed by atoms with Crippen molar-refractivity contribution in [2.45, 2.75) is 38.9 Å². The van der Waals surface area contributed by atoms with Crippen molar-refractivity contribution in [3.63, 3.8) is 0 Å². The van der Waals surface area contributed by atoms with Crippen molar-refractivity contribution in [1.82, 2.24) is 29.4 Å². The van der Waals surface area contributed by atoms with E-state index in [9.17, 15) is 22.8 Å². The molecule has 1 saturated heterocycles. The number of nitrogens with zero attached hydrogens (tertiary/aromatic N) is 7. The molecule has 0 radical (unpaired) electrons. The highest BCUT2D eigenvalue weighted by Gasteiger charge is 2.40. The van der Waals surface area contributed by atoms with Crippen LogP contribution < -0.4 is 15.3 Å². The summed E-state index contributed by atoms with van der Waals surface area (Å²) in [7, 11) is 0. The molecule has 4 aromatic rings. The van der Waals surface area contributed by atoms with Gasteiger partial charge >= 0.3 is 11.9 Å². The minimum absolute atomic E-state index is 0.0854. The fourth-order valence-electron chi connectivity index (χ4n) is 5.85. The van der Waals surface area contributed by atoms with Crippen LogP contribution in [0.5, 0.6) is 5.75 Å². The zero-order valence-electron chi connectivity index (χ0n) is 24.3. The van der Waals surface area contributed by atoms with Crippen LogP contribution in [0.1, 0.15) is 36.6 Å². The Kier molecular flexibility index (Phi) is 7.50. The molecule has 2 aliphatic rings. The van der Waals surface area contributed by atoms with Crippen LogP contribution in [0.4, 0.5) is 23.4 Å². The highest BCUT2D eigenvalue weighted by atomic mass is 35.5. The summed E-state index contributed by atoms with van der Waals surface area (Å²) in [4.78, 5) is 46.6. The van der Waals surface area contributed by atoms with Crippen LogP contribution in [0.3, 0.4) is 0 Å². The van der Waals surface area contributed by atoms with E-state index in [2.05, 4.69) is 26.5 Å². The topological polar surface area (TPSA) is 106 Å². The predicted molar refractivity (Wildman–Crippen MR) is 158 cm³/mol. The van der Waals surface area contributed by atoms with E-state index >= 15 is 4.39 Å². The molecular formula is C30H26ClF4N7O3. The van der Waals surface area contributed by atoms with E-state index in [4.69, 9.17) is 16.3 Å². The Labute approximate surface area is 259 Å². The Morgan fingerprint density at radius 2 is 1.98 bits per heavy atom. The van der Waals surface area contributed by atoms with E-state index in [1.165, 1.54) is 6.08 Å². The predicted octanol–water partition coefficient (Wildman–Crippen LogP) is 5.08. The summed E-state index contributed by atoms with van der Waals surface area (Å²) in [5.41, 5.74) is -2.43. The van der Waals surface area contributed by atoms with Crippen LogP contribution in [-0.2, 0) is 11.0 Å². The molecule has 0 spiro atoms. The van der Waals surface area contributed by atoms with Crippen molar-refractivity contribution in [2.75, 3.05) is 31.1 Å². The second kappa shape index (κ2) is 11.1. The smallest absolute Gasteiger partial charge is 0.418 e. The van der Waals surface area contributed by atoms with E-state index < -0.39 is 45.6 Å². The third-order valence-electron chi connectivity index (χ3n) is 7.93. The molecule has 0 saturated carbocycles. The monoisotopic (exact) mass is 643 g/mol. The molecule has 234 valence electrons. The van der Waals surface area contributed by atoms with Crippen molar-refractivity contribution < 1.29 is 27.1 Å². The molecule has 2 aliphatic heterocycles. The minimum atomic E-state index is -5.02. The van der Waals surface area contributed by atoms with Crippen molar-refractivity contribution in [3.8, 4) is 22.7 Å². The van der Waals surface area contributed by atoms with Crippen molar-refractivity contribution >= 4 is 34.4 Å². The maximum absolute atomic E-state index is 15.3. The fourth-order valence-corrected chi connectivity index (χ4v) is 6.14. The third-order valence-corrected chi connectivity index (χ3v) is 8.28. The number of hydrogen-bond donors (Lipinski definition) is 0. The molecule has 0 aromatic carbocycles. The Morgan fingerprint density at radius 3 is 2.67 bits per heavy atom. The lowest BCUT2D eigenvalue weighted by Gasteiger charge is -2.40. The van der Waals surface area contributed by atoms with E-state index in [1.54, 1.807) is 29.0 Å². The molecule has 6 heterocycles. The molecule has 1 fully saturated rings. The molecule has 0 unspecified atom stereocenters. The molecule has 1 atom stereocenters. The molecule has 15 heteroatoms. The Bertz CT molecular complexity index is 1950. The highest BCUT2D eigenvalue weighted by Crippen LogP contribution is 2.48. The number of carbonyl (C=O) groups excluding carboxylic acids is 1. The summed E-state index contributed by atoms with van der Waals surface area (Å²) >= 11 is 6.78. The average molecular weight is 644 g/mol. The van der Waals surface area contributed by atoms with Crippen molar-refractivity contribution in [1.29, 1.82) is 0 Å². The summed E-state index contributed by atoms with van der Waals surface area (Å²) in [6.07, 6.45) is -1.13. The largest absolute Gasteiger partial charge is 0.489 e. The van der Waals surface area contributed by atoms with Gasteiger partial charge in [-0.2, -0.15) is 18.2 Å². The SMILES string of the molecule is C=CC(=O)N1CCN2c3nc(=O)n(-c4c(C)ccnc4C(C)C)c4nc(-c5c(F)cncc5C(F)(F)F)c(Cl)c(c34)OC[C@@H]2C1.